The Hall–Kier alpha value is -2.97. The summed E-state index contributed by atoms with van der Waals surface area (Å²) in [5.74, 6) is -1.65. The number of hydrogen-bond donors (Lipinski definition) is 3. The van der Waals surface area contributed by atoms with Gasteiger partial charge in [-0.15, -0.1) is 0 Å². The van der Waals surface area contributed by atoms with Gasteiger partial charge in [-0.3, -0.25) is 20.0 Å². The van der Waals surface area contributed by atoms with Crippen molar-refractivity contribution in [3.8, 4) is 0 Å². The number of H-pyrrole nitrogens is 1. The third kappa shape index (κ3) is 2.96. The molecular weight excluding hydrogens is 281 g/mol. The monoisotopic (exact) mass is 293 g/mol. The standard InChI is InChI=1S/C12H12FN5O3/c1-6-7(5-16-17-6)4-15-12(19)8-2-10(14)9(13)3-11(8)18(20)21/h2-3,5H,4,14H2,1H3,(H,15,19)(H,16,17). The molecule has 0 unspecified atom stereocenters. The molecule has 9 heteroatoms. The molecule has 0 aliphatic rings. The van der Waals surface area contributed by atoms with Crippen molar-refractivity contribution in [2.75, 3.05) is 5.73 Å². The fourth-order valence-electron chi connectivity index (χ4n) is 1.74. The van der Waals surface area contributed by atoms with Gasteiger partial charge in [-0.2, -0.15) is 5.10 Å². The summed E-state index contributed by atoms with van der Waals surface area (Å²) in [6.07, 6.45) is 1.53. The van der Waals surface area contributed by atoms with Gasteiger partial charge in [-0.25, -0.2) is 4.39 Å². The van der Waals surface area contributed by atoms with E-state index in [1.54, 1.807) is 6.92 Å². The maximum atomic E-state index is 13.3. The van der Waals surface area contributed by atoms with Gasteiger partial charge in [0.1, 0.15) is 5.56 Å². The number of benzene rings is 1. The highest BCUT2D eigenvalue weighted by molar-refractivity contribution is 5.99. The van der Waals surface area contributed by atoms with E-state index in [1.165, 1.54) is 6.20 Å². The van der Waals surface area contributed by atoms with E-state index < -0.39 is 22.3 Å². The maximum absolute atomic E-state index is 13.3. The van der Waals surface area contributed by atoms with Crippen molar-refractivity contribution in [3.63, 3.8) is 0 Å². The number of nitrogens with two attached hydrogens (primary N) is 1. The van der Waals surface area contributed by atoms with E-state index in [9.17, 15) is 19.3 Å². The van der Waals surface area contributed by atoms with Crippen LogP contribution in [-0.2, 0) is 6.54 Å². The van der Waals surface area contributed by atoms with Crippen molar-refractivity contribution in [1.29, 1.82) is 0 Å². The number of rotatable bonds is 4. The first-order valence-corrected chi connectivity index (χ1v) is 5.90. The highest BCUT2D eigenvalue weighted by Gasteiger charge is 2.23. The molecule has 4 N–H and O–H groups in total. The molecule has 0 spiro atoms. The van der Waals surface area contributed by atoms with Crippen LogP contribution in [0.3, 0.4) is 0 Å². The number of amides is 1. The number of hydrogen-bond acceptors (Lipinski definition) is 5. The van der Waals surface area contributed by atoms with Crippen LogP contribution in [-0.4, -0.2) is 21.0 Å². The number of nitrogens with zero attached hydrogens (tertiary/aromatic N) is 2. The molecule has 0 aliphatic carbocycles. The summed E-state index contributed by atoms with van der Waals surface area (Å²) in [6, 6.07) is 1.58. The first kappa shape index (κ1) is 14.4. The number of aromatic amines is 1. The quantitative estimate of drug-likeness (QED) is 0.444. The number of carbonyl (C=O) groups excluding carboxylic acids is 1. The second-order valence-electron chi connectivity index (χ2n) is 4.35. The molecule has 0 aliphatic heterocycles. The lowest BCUT2D eigenvalue weighted by atomic mass is 10.1. The first-order chi connectivity index (χ1) is 9.90. The minimum atomic E-state index is -0.941. The van der Waals surface area contributed by atoms with Crippen LogP contribution < -0.4 is 11.1 Å². The average Bonchev–Trinajstić information content (AvgIpc) is 2.84. The van der Waals surface area contributed by atoms with Crippen LogP contribution in [0.2, 0.25) is 0 Å². The predicted molar refractivity (Wildman–Crippen MR) is 72.0 cm³/mol. The van der Waals surface area contributed by atoms with Crippen molar-refractivity contribution in [3.05, 3.63) is 51.1 Å². The Morgan fingerprint density at radius 3 is 2.86 bits per heavy atom. The van der Waals surface area contributed by atoms with Crippen molar-refractivity contribution in [2.24, 2.45) is 0 Å². The molecule has 0 saturated carbocycles. The fraction of sp³-hybridized carbons (Fsp3) is 0.167. The number of nitrogen functional groups attached to an aromatic ring is 1. The first-order valence-electron chi connectivity index (χ1n) is 5.90. The smallest absolute Gasteiger partial charge is 0.285 e. The van der Waals surface area contributed by atoms with Crippen LogP contribution in [0, 0.1) is 22.9 Å². The Labute approximate surface area is 118 Å². The third-order valence-electron chi connectivity index (χ3n) is 2.93. The van der Waals surface area contributed by atoms with E-state index in [0.717, 1.165) is 17.3 Å². The zero-order valence-electron chi connectivity index (χ0n) is 11.0. The highest BCUT2D eigenvalue weighted by atomic mass is 19.1. The molecule has 0 atom stereocenters. The van der Waals surface area contributed by atoms with Gasteiger partial charge in [0, 0.05) is 17.8 Å². The fourth-order valence-corrected chi connectivity index (χ4v) is 1.74. The van der Waals surface area contributed by atoms with Crippen LogP contribution in [0.4, 0.5) is 15.8 Å². The highest BCUT2D eigenvalue weighted by Crippen LogP contribution is 2.24. The number of aromatic nitrogens is 2. The predicted octanol–water partition coefficient (Wildman–Crippen LogP) is 1.28. The molecule has 0 bridgehead atoms. The van der Waals surface area contributed by atoms with E-state index >= 15 is 0 Å². The van der Waals surface area contributed by atoms with E-state index in [1.807, 2.05) is 0 Å². The van der Waals surface area contributed by atoms with E-state index in [2.05, 4.69) is 15.5 Å². The lowest BCUT2D eigenvalue weighted by Crippen LogP contribution is -2.24. The number of carbonyl (C=O) groups is 1. The maximum Gasteiger partial charge on any atom is 0.285 e. The summed E-state index contributed by atoms with van der Waals surface area (Å²) in [7, 11) is 0. The zero-order valence-corrected chi connectivity index (χ0v) is 11.0. The second-order valence-corrected chi connectivity index (χ2v) is 4.35. The molecular formula is C12H12FN5O3. The second kappa shape index (κ2) is 5.57. The van der Waals surface area contributed by atoms with Gasteiger partial charge < -0.3 is 11.1 Å². The molecule has 1 amide bonds. The lowest BCUT2D eigenvalue weighted by Gasteiger charge is -2.07. The van der Waals surface area contributed by atoms with Gasteiger partial charge in [0.05, 0.1) is 22.9 Å². The molecule has 2 rings (SSSR count). The van der Waals surface area contributed by atoms with E-state index in [-0.39, 0.29) is 17.8 Å². The normalized spacial score (nSPS) is 10.4. The van der Waals surface area contributed by atoms with Gasteiger partial charge in [0.15, 0.2) is 5.82 Å². The van der Waals surface area contributed by atoms with Gasteiger partial charge in [-0.05, 0) is 13.0 Å². The summed E-state index contributed by atoms with van der Waals surface area (Å²) in [5.41, 5.74) is 5.60. The summed E-state index contributed by atoms with van der Waals surface area (Å²) in [6.45, 7) is 1.91. The van der Waals surface area contributed by atoms with Crippen molar-refractivity contribution in [1.82, 2.24) is 15.5 Å². The van der Waals surface area contributed by atoms with Crippen LogP contribution >= 0.6 is 0 Å². The van der Waals surface area contributed by atoms with Gasteiger partial charge in [-0.1, -0.05) is 0 Å². The van der Waals surface area contributed by atoms with Crippen molar-refractivity contribution in [2.45, 2.75) is 13.5 Å². The largest absolute Gasteiger partial charge is 0.396 e. The third-order valence-corrected chi connectivity index (χ3v) is 2.93. The Morgan fingerprint density at radius 2 is 2.29 bits per heavy atom. The molecule has 21 heavy (non-hydrogen) atoms. The average molecular weight is 293 g/mol. The molecule has 0 radical (unpaired) electrons. The zero-order chi connectivity index (χ0) is 15.6. The summed E-state index contributed by atoms with van der Waals surface area (Å²) in [5, 5.41) is 19.9. The van der Waals surface area contributed by atoms with Gasteiger partial charge in [0.25, 0.3) is 11.6 Å². The Morgan fingerprint density at radius 1 is 1.57 bits per heavy atom. The molecule has 1 heterocycles. The topological polar surface area (TPSA) is 127 Å². The van der Waals surface area contributed by atoms with Crippen molar-refractivity contribution < 1.29 is 14.1 Å². The molecule has 1 aromatic carbocycles. The molecule has 0 saturated heterocycles. The Kier molecular flexibility index (Phi) is 3.83. The summed E-state index contributed by atoms with van der Waals surface area (Å²) < 4.78 is 13.3. The molecule has 110 valence electrons. The summed E-state index contributed by atoms with van der Waals surface area (Å²) in [4.78, 5) is 22.1. The lowest BCUT2D eigenvalue weighted by molar-refractivity contribution is -0.385. The molecule has 0 fully saturated rings. The number of nitro groups is 1. The number of aryl methyl sites for hydroxylation is 1. The Bertz CT molecular complexity index is 713. The van der Waals surface area contributed by atoms with E-state index in [4.69, 9.17) is 5.73 Å². The molecule has 2 aromatic rings. The van der Waals surface area contributed by atoms with Crippen LogP contribution in [0.5, 0.6) is 0 Å². The minimum absolute atomic E-state index is 0.135. The molecule has 8 nitrogen and oxygen atoms in total. The van der Waals surface area contributed by atoms with Crippen molar-refractivity contribution >= 4 is 17.3 Å². The summed E-state index contributed by atoms with van der Waals surface area (Å²) >= 11 is 0. The van der Waals surface area contributed by atoms with Crippen LogP contribution in [0.1, 0.15) is 21.6 Å². The van der Waals surface area contributed by atoms with Gasteiger partial charge >= 0.3 is 0 Å². The Balaban J connectivity index is 2.24. The number of nitro benzene ring substituents is 1. The number of nitrogens with one attached hydrogen (secondary N) is 2. The van der Waals surface area contributed by atoms with Crippen LogP contribution in [0.25, 0.3) is 0 Å². The SMILES string of the molecule is Cc1[nH]ncc1CNC(=O)c1cc(N)c(F)cc1[N+](=O)[O-]. The number of halogens is 1. The number of anilines is 1. The minimum Gasteiger partial charge on any atom is -0.396 e. The van der Waals surface area contributed by atoms with Crippen LogP contribution in [0.15, 0.2) is 18.3 Å². The molecule has 1 aromatic heterocycles. The van der Waals surface area contributed by atoms with Gasteiger partial charge in [0.2, 0.25) is 0 Å². The van der Waals surface area contributed by atoms with E-state index in [0.29, 0.717) is 6.07 Å².